The van der Waals surface area contributed by atoms with Crippen molar-refractivity contribution in [2.24, 2.45) is 18.1 Å². The lowest BCUT2D eigenvalue weighted by Crippen LogP contribution is -2.10. The van der Waals surface area contributed by atoms with Crippen molar-refractivity contribution >= 4 is 39.6 Å². The normalized spacial score (nSPS) is 10.6. The maximum Gasteiger partial charge on any atom is 0.270 e. The third kappa shape index (κ3) is 5.26. The molecule has 2 rings (SSSR count). The number of halogens is 1. The largest absolute Gasteiger partial charge is 0.394 e. The van der Waals surface area contributed by atoms with Crippen molar-refractivity contribution in [3.05, 3.63) is 33.1 Å². The lowest BCUT2D eigenvalue weighted by atomic mass is 10.3. The summed E-state index contributed by atoms with van der Waals surface area (Å²) in [4.78, 5) is 20.0. The third-order valence-corrected chi connectivity index (χ3v) is 3.52. The maximum absolute atomic E-state index is 10.7. The van der Waals surface area contributed by atoms with Crippen LogP contribution in [0.3, 0.4) is 0 Å². The summed E-state index contributed by atoms with van der Waals surface area (Å²) >= 11 is 1.36. The predicted octanol–water partition coefficient (Wildman–Crippen LogP) is 2.32. The van der Waals surface area contributed by atoms with Crippen LogP contribution in [0.2, 0.25) is 0 Å². The molecule has 10 heteroatoms. The van der Waals surface area contributed by atoms with Crippen molar-refractivity contribution < 1.29 is 14.6 Å². The third-order valence-electron chi connectivity index (χ3n) is 2.44. The fraction of sp³-hybridized carbons (Fsp3) is 0.417. The zero-order valence-electron chi connectivity index (χ0n) is 12.5. The second-order valence-corrected chi connectivity index (χ2v) is 4.83. The average molecular weight is 351 g/mol. The molecule has 0 radical (unpaired) electrons. The van der Waals surface area contributed by atoms with Crippen molar-refractivity contribution in [1.29, 1.82) is 0 Å². The van der Waals surface area contributed by atoms with E-state index >= 15 is 0 Å². The van der Waals surface area contributed by atoms with Crippen molar-refractivity contribution in [1.82, 2.24) is 4.57 Å². The Balaban J connectivity index is 0.000000791. The van der Waals surface area contributed by atoms with Gasteiger partial charge in [0.05, 0.1) is 21.7 Å². The minimum absolute atomic E-state index is 0. The van der Waals surface area contributed by atoms with Gasteiger partial charge in [-0.05, 0) is 19.9 Å². The van der Waals surface area contributed by atoms with E-state index in [0.717, 1.165) is 10.2 Å². The van der Waals surface area contributed by atoms with E-state index < -0.39 is 4.92 Å². The Bertz CT molecular complexity index is 669. The molecule has 0 aliphatic heterocycles. The Morgan fingerprint density at radius 3 is 2.55 bits per heavy atom. The first-order valence-corrected chi connectivity index (χ1v) is 7.08. The second-order valence-electron chi connectivity index (χ2n) is 3.82. The maximum atomic E-state index is 10.7. The smallest absolute Gasteiger partial charge is 0.270 e. The predicted molar refractivity (Wildman–Crippen MR) is 87.7 cm³/mol. The van der Waals surface area contributed by atoms with E-state index in [1.165, 1.54) is 17.4 Å². The molecule has 0 fully saturated rings. The summed E-state index contributed by atoms with van der Waals surface area (Å²) in [6.07, 6.45) is 0. The summed E-state index contributed by atoms with van der Waals surface area (Å²) < 4.78 is 2.67. The quantitative estimate of drug-likeness (QED) is 0.673. The number of thiazole rings is 1. The first-order chi connectivity index (χ1) is 10.0. The van der Waals surface area contributed by atoms with E-state index in [4.69, 9.17) is 4.84 Å². The van der Waals surface area contributed by atoms with Gasteiger partial charge >= 0.3 is 0 Å². The van der Waals surface area contributed by atoms with E-state index in [1.807, 2.05) is 25.5 Å². The molecule has 0 unspecified atom stereocenters. The van der Waals surface area contributed by atoms with Crippen LogP contribution < -0.4 is 10.7 Å². The first-order valence-electron chi connectivity index (χ1n) is 6.26. The number of fused-ring (bicyclic) bond motifs is 1. The highest BCUT2D eigenvalue weighted by molar-refractivity contribution is 7.16. The van der Waals surface area contributed by atoms with Gasteiger partial charge in [-0.25, -0.2) is 5.90 Å². The van der Waals surface area contributed by atoms with Crippen molar-refractivity contribution in [3.63, 3.8) is 0 Å². The summed E-state index contributed by atoms with van der Waals surface area (Å²) in [6.45, 7) is 4.77. The van der Waals surface area contributed by atoms with Crippen molar-refractivity contribution in [3.8, 4) is 0 Å². The van der Waals surface area contributed by atoms with Gasteiger partial charge in [-0.3, -0.25) is 10.1 Å². The molecule has 0 aliphatic carbocycles. The van der Waals surface area contributed by atoms with Crippen LogP contribution in [0.15, 0.2) is 23.4 Å². The standard InChI is InChI=1S/C10H11N3O3S.C2H7NO.ClH/c1-3-16-11-10-12(2)8-5-4-7(13(14)15)6-9(8)17-10;1-2-4-3;/h4-6H,3H2,1-2H3;2-3H2,1H3;1H. The molecule has 0 spiro atoms. The van der Waals surface area contributed by atoms with Crippen LogP contribution in [-0.4, -0.2) is 22.7 Å². The zero-order valence-corrected chi connectivity index (χ0v) is 14.1. The summed E-state index contributed by atoms with van der Waals surface area (Å²) in [5, 5.41) is 14.6. The zero-order chi connectivity index (χ0) is 15.8. The van der Waals surface area contributed by atoms with Gasteiger partial charge in [-0.2, -0.15) is 0 Å². The highest BCUT2D eigenvalue weighted by Gasteiger charge is 2.09. The molecule has 0 aliphatic rings. The van der Waals surface area contributed by atoms with Gasteiger partial charge in [0.25, 0.3) is 5.69 Å². The van der Waals surface area contributed by atoms with Gasteiger partial charge in [0, 0.05) is 19.2 Å². The van der Waals surface area contributed by atoms with Gasteiger partial charge < -0.3 is 14.2 Å². The summed E-state index contributed by atoms with van der Waals surface area (Å²) in [6, 6.07) is 4.75. The number of aromatic nitrogens is 1. The number of aryl methyl sites for hydroxylation is 1. The summed E-state index contributed by atoms with van der Waals surface area (Å²) in [5.74, 6) is 4.53. The van der Waals surface area contributed by atoms with E-state index in [-0.39, 0.29) is 18.1 Å². The minimum Gasteiger partial charge on any atom is -0.394 e. The molecule has 124 valence electrons. The molecule has 22 heavy (non-hydrogen) atoms. The second kappa shape index (κ2) is 10.1. The van der Waals surface area contributed by atoms with E-state index in [1.54, 1.807) is 12.1 Å². The highest BCUT2D eigenvalue weighted by Crippen LogP contribution is 2.22. The number of non-ortho nitro benzene ring substituents is 1. The molecule has 0 atom stereocenters. The van der Waals surface area contributed by atoms with Crippen LogP contribution in [0.25, 0.3) is 10.2 Å². The van der Waals surface area contributed by atoms with Gasteiger partial charge in [0.2, 0.25) is 4.80 Å². The molecule has 0 saturated heterocycles. The Morgan fingerprint density at radius 2 is 2.05 bits per heavy atom. The fourth-order valence-electron chi connectivity index (χ4n) is 1.44. The van der Waals surface area contributed by atoms with Crippen molar-refractivity contribution in [2.45, 2.75) is 13.8 Å². The molecular weight excluding hydrogens is 332 g/mol. The van der Waals surface area contributed by atoms with Crippen LogP contribution in [0.4, 0.5) is 5.69 Å². The molecule has 2 N–H and O–H groups in total. The number of rotatable bonds is 4. The molecule has 0 saturated carbocycles. The molecule has 0 bridgehead atoms. The van der Waals surface area contributed by atoms with Gasteiger partial charge in [-0.1, -0.05) is 16.5 Å². The number of nitro benzene ring substituents is 1. The van der Waals surface area contributed by atoms with E-state index in [2.05, 4.69) is 15.9 Å². The Hall–Kier alpha value is -1.68. The number of hydrogen-bond acceptors (Lipinski definition) is 7. The highest BCUT2D eigenvalue weighted by atomic mass is 35.5. The number of nitro groups is 1. The molecule has 0 amide bonds. The lowest BCUT2D eigenvalue weighted by molar-refractivity contribution is -0.384. The summed E-state index contributed by atoms with van der Waals surface area (Å²) in [5.41, 5.74) is 0.987. The Labute approximate surface area is 137 Å². The molecule has 1 heterocycles. The van der Waals surface area contributed by atoms with Crippen LogP contribution in [0.5, 0.6) is 0 Å². The Kier molecular flexibility index (Phi) is 9.34. The monoisotopic (exact) mass is 350 g/mol. The van der Waals surface area contributed by atoms with Crippen LogP contribution >= 0.6 is 23.7 Å². The number of nitrogens with two attached hydrogens (primary N) is 1. The van der Waals surface area contributed by atoms with E-state index in [9.17, 15) is 10.1 Å². The minimum atomic E-state index is -0.404. The lowest BCUT2D eigenvalue weighted by Gasteiger charge is -1.95. The van der Waals surface area contributed by atoms with Gasteiger partial charge in [0.1, 0.15) is 6.61 Å². The van der Waals surface area contributed by atoms with Crippen molar-refractivity contribution in [2.75, 3.05) is 13.2 Å². The number of hydrogen-bond donors (Lipinski definition) is 1. The first kappa shape index (κ1) is 20.3. The van der Waals surface area contributed by atoms with E-state index in [0.29, 0.717) is 18.0 Å². The van der Waals surface area contributed by atoms with Gasteiger partial charge in [0.15, 0.2) is 0 Å². The Morgan fingerprint density at radius 1 is 1.41 bits per heavy atom. The van der Waals surface area contributed by atoms with Crippen LogP contribution in [0.1, 0.15) is 13.8 Å². The fourth-order valence-corrected chi connectivity index (χ4v) is 2.46. The van der Waals surface area contributed by atoms with Crippen LogP contribution in [-0.2, 0) is 16.7 Å². The molecular formula is C12H19ClN4O4S. The topological polar surface area (TPSA) is 105 Å². The van der Waals surface area contributed by atoms with Crippen LogP contribution in [0, 0.1) is 10.1 Å². The average Bonchev–Trinajstić information content (AvgIpc) is 2.81. The molecule has 1 aromatic carbocycles. The number of benzene rings is 1. The molecule has 2 aromatic rings. The molecule has 1 aromatic heterocycles. The molecule has 8 nitrogen and oxygen atoms in total. The SMILES string of the molecule is CCON.CCON=c1sc2cc([N+](=O)[O-])ccc2n1C.Cl. The number of nitrogens with zero attached hydrogens (tertiary/aromatic N) is 3. The van der Waals surface area contributed by atoms with Gasteiger partial charge in [-0.15, -0.1) is 12.4 Å². The summed E-state index contributed by atoms with van der Waals surface area (Å²) in [7, 11) is 1.85.